The van der Waals surface area contributed by atoms with E-state index in [-0.39, 0.29) is 17.9 Å². The lowest BCUT2D eigenvalue weighted by Crippen LogP contribution is -2.44. The van der Waals surface area contributed by atoms with Crippen molar-refractivity contribution in [2.24, 2.45) is 0 Å². The second kappa shape index (κ2) is 11.1. The van der Waals surface area contributed by atoms with Crippen LogP contribution in [0.2, 0.25) is 0 Å². The van der Waals surface area contributed by atoms with Gasteiger partial charge in [-0.1, -0.05) is 85.4 Å². The van der Waals surface area contributed by atoms with Crippen LogP contribution in [0, 0.1) is 0 Å². The summed E-state index contributed by atoms with van der Waals surface area (Å²) in [6.07, 6.45) is 4.47. The molecule has 1 heterocycles. The molecule has 5 heteroatoms. The molecule has 2 atom stereocenters. The fraction of sp³-hybridized carbons (Fsp3) is 0.100. The lowest BCUT2D eigenvalue weighted by molar-refractivity contribution is -0.125. The van der Waals surface area contributed by atoms with Gasteiger partial charge in [0.25, 0.3) is 5.91 Å². The van der Waals surface area contributed by atoms with E-state index in [0.29, 0.717) is 11.3 Å². The molecule has 0 saturated carbocycles. The Balaban J connectivity index is 1.71. The topological polar surface area (TPSA) is 62.3 Å². The van der Waals surface area contributed by atoms with Crippen molar-refractivity contribution in [2.45, 2.75) is 19.0 Å². The zero-order valence-electron chi connectivity index (χ0n) is 19.5. The smallest absolute Gasteiger partial charge is 0.251 e. The van der Waals surface area contributed by atoms with Gasteiger partial charge in [0.05, 0.1) is 6.04 Å². The molecular weight excluding hydrogens is 434 g/mol. The van der Waals surface area contributed by atoms with Gasteiger partial charge in [0, 0.05) is 23.6 Å². The summed E-state index contributed by atoms with van der Waals surface area (Å²) in [5.41, 5.74) is 4.25. The van der Waals surface area contributed by atoms with Gasteiger partial charge in [0.2, 0.25) is 5.91 Å². The van der Waals surface area contributed by atoms with E-state index in [9.17, 15) is 9.59 Å². The summed E-state index contributed by atoms with van der Waals surface area (Å²) in [6.45, 7) is 5.60. The van der Waals surface area contributed by atoms with Gasteiger partial charge in [-0.3, -0.25) is 19.5 Å². The molecule has 0 fully saturated rings. The Morgan fingerprint density at radius 3 is 2.03 bits per heavy atom. The highest BCUT2D eigenvalue weighted by Gasteiger charge is 2.32. The summed E-state index contributed by atoms with van der Waals surface area (Å²) >= 11 is 0. The van der Waals surface area contributed by atoms with Gasteiger partial charge in [-0.05, 0) is 47.9 Å². The number of rotatable bonds is 8. The number of nitrogens with zero attached hydrogens (tertiary/aromatic N) is 2. The molecule has 0 aliphatic heterocycles. The molecule has 0 aliphatic rings. The molecule has 2 amide bonds. The van der Waals surface area contributed by atoms with Crippen LogP contribution in [0.4, 0.5) is 5.69 Å². The Morgan fingerprint density at radius 1 is 0.829 bits per heavy atom. The van der Waals surface area contributed by atoms with Crippen molar-refractivity contribution in [1.82, 2.24) is 10.3 Å². The van der Waals surface area contributed by atoms with Crippen LogP contribution in [0.15, 0.2) is 122 Å². The van der Waals surface area contributed by atoms with E-state index in [1.807, 2.05) is 91.9 Å². The number of carbonyl (C=O) groups is 2. The summed E-state index contributed by atoms with van der Waals surface area (Å²) < 4.78 is 0. The lowest BCUT2D eigenvalue weighted by atomic mass is 10.0. The monoisotopic (exact) mass is 461 g/mol. The molecule has 3 aromatic carbocycles. The number of benzene rings is 3. The fourth-order valence-corrected chi connectivity index (χ4v) is 4.02. The normalized spacial score (nSPS) is 12.3. The molecule has 0 saturated heterocycles. The van der Waals surface area contributed by atoms with Crippen molar-refractivity contribution in [3.63, 3.8) is 0 Å². The molecule has 35 heavy (non-hydrogen) atoms. The minimum absolute atomic E-state index is 0.246. The number of aromatic nitrogens is 1. The molecule has 1 N–H and O–H groups in total. The third-order valence-electron chi connectivity index (χ3n) is 5.83. The van der Waals surface area contributed by atoms with E-state index in [1.165, 1.54) is 11.0 Å². The molecule has 4 aromatic rings. The number of hydrogen-bond acceptors (Lipinski definition) is 3. The number of amides is 2. The minimum atomic E-state index is -0.928. The highest BCUT2D eigenvalue weighted by atomic mass is 16.2. The first-order valence-electron chi connectivity index (χ1n) is 11.4. The van der Waals surface area contributed by atoms with Crippen molar-refractivity contribution in [1.29, 1.82) is 0 Å². The Bertz CT molecular complexity index is 1270. The number of anilines is 1. The van der Waals surface area contributed by atoms with Crippen LogP contribution in [-0.4, -0.2) is 16.8 Å². The predicted octanol–water partition coefficient (Wildman–Crippen LogP) is 5.89. The van der Waals surface area contributed by atoms with Crippen molar-refractivity contribution < 1.29 is 9.59 Å². The molecule has 1 aromatic heterocycles. The van der Waals surface area contributed by atoms with E-state index in [1.54, 1.807) is 24.5 Å². The molecule has 4 rings (SSSR count). The zero-order valence-corrected chi connectivity index (χ0v) is 19.5. The van der Waals surface area contributed by atoms with E-state index >= 15 is 0 Å². The molecule has 0 radical (unpaired) electrons. The highest BCUT2D eigenvalue weighted by molar-refractivity contribution is 6.06. The summed E-state index contributed by atoms with van der Waals surface area (Å²) in [5, 5.41) is 3.07. The van der Waals surface area contributed by atoms with Crippen LogP contribution in [0.25, 0.3) is 11.1 Å². The number of carbonyl (C=O) groups excluding carboxylic acids is 2. The van der Waals surface area contributed by atoms with Crippen molar-refractivity contribution >= 4 is 17.5 Å². The second-order valence-electron chi connectivity index (χ2n) is 8.16. The number of nitrogens with one attached hydrogen (secondary N) is 1. The van der Waals surface area contributed by atoms with Gasteiger partial charge in [0.15, 0.2) is 0 Å². The summed E-state index contributed by atoms with van der Waals surface area (Å²) in [4.78, 5) is 32.5. The van der Waals surface area contributed by atoms with E-state index < -0.39 is 6.04 Å². The second-order valence-corrected chi connectivity index (χ2v) is 8.16. The largest absolute Gasteiger partial charge is 0.347 e. The Hall–Kier alpha value is -4.51. The average Bonchev–Trinajstić information content (AvgIpc) is 2.92. The zero-order chi connectivity index (χ0) is 24.6. The van der Waals surface area contributed by atoms with Gasteiger partial charge >= 0.3 is 0 Å². The molecule has 0 bridgehead atoms. The molecular formula is C30H27N3O2. The summed E-state index contributed by atoms with van der Waals surface area (Å²) in [6, 6.07) is 29.6. The van der Waals surface area contributed by atoms with E-state index in [2.05, 4.69) is 16.9 Å². The SMILES string of the molecule is C=CC(=O)N(c1ccc(-c2ccccc2)cc1)[C@H](C(=O)N[C@@H](C)c1ccccc1)c1cccnc1. The van der Waals surface area contributed by atoms with Crippen molar-refractivity contribution in [2.75, 3.05) is 4.90 Å². The number of pyridine rings is 1. The Labute approximate surface area is 205 Å². The quantitative estimate of drug-likeness (QED) is 0.333. The van der Waals surface area contributed by atoms with E-state index in [4.69, 9.17) is 0 Å². The third-order valence-corrected chi connectivity index (χ3v) is 5.83. The summed E-state index contributed by atoms with van der Waals surface area (Å²) in [7, 11) is 0. The average molecular weight is 462 g/mol. The van der Waals surface area contributed by atoms with Gasteiger partial charge < -0.3 is 5.32 Å². The van der Waals surface area contributed by atoms with Gasteiger partial charge in [-0.25, -0.2) is 0 Å². The molecule has 0 spiro atoms. The molecule has 0 aliphatic carbocycles. The lowest BCUT2D eigenvalue weighted by Gasteiger charge is -2.31. The number of hydrogen-bond donors (Lipinski definition) is 1. The van der Waals surface area contributed by atoms with Crippen molar-refractivity contribution in [3.05, 3.63) is 133 Å². The van der Waals surface area contributed by atoms with Crippen molar-refractivity contribution in [3.8, 4) is 11.1 Å². The molecule has 5 nitrogen and oxygen atoms in total. The van der Waals surface area contributed by atoms with E-state index in [0.717, 1.165) is 16.7 Å². The fourth-order valence-electron chi connectivity index (χ4n) is 4.02. The maximum absolute atomic E-state index is 13.7. The van der Waals surface area contributed by atoms with Crippen LogP contribution in [0.5, 0.6) is 0 Å². The van der Waals surface area contributed by atoms with Gasteiger partial charge in [-0.2, -0.15) is 0 Å². The predicted molar refractivity (Wildman–Crippen MR) is 140 cm³/mol. The third kappa shape index (κ3) is 5.53. The summed E-state index contributed by atoms with van der Waals surface area (Å²) in [5.74, 6) is -0.689. The minimum Gasteiger partial charge on any atom is -0.347 e. The van der Waals surface area contributed by atoms with Gasteiger partial charge in [-0.15, -0.1) is 0 Å². The Kier molecular flexibility index (Phi) is 7.48. The van der Waals surface area contributed by atoms with Crippen LogP contribution in [0.3, 0.4) is 0 Å². The van der Waals surface area contributed by atoms with Crippen LogP contribution in [0.1, 0.15) is 30.1 Å². The maximum Gasteiger partial charge on any atom is 0.251 e. The first-order chi connectivity index (χ1) is 17.1. The van der Waals surface area contributed by atoms with Crippen LogP contribution >= 0.6 is 0 Å². The Morgan fingerprint density at radius 2 is 1.43 bits per heavy atom. The maximum atomic E-state index is 13.7. The van der Waals surface area contributed by atoms with Crippen LogP contribution < -0.4 is 10.2 Å². The van der Waals surface area contributed by atoms with Crippen LogP contribution in [-0.2, 0) is 9.59 Å². The first-order valence-corrected chi connectivity index (χ1v) is 11.4. The molecule has 174 valence electrons. The van der Waals surface area contributed by atoms with Gasteiger partial charge in [0.1, 0.15) is 6.04 Å². The standard InChI is InChI=1S/C30H27N3O2/c1-3-28(34)33(27-18-16-25(17-19-27)24-13-8-5-9-14-24)29(26-15-10-20-31-21-26)30(35)32-22(2)23-11-6-4-7-12-23/h3-22,29H,1H2,2H3,(H,32,35)/t22-,29-/m0/s1. The first kappa shape index (κ1) is 23.6. The highest BCUT2D eigenvalue weighted by Crippen LogP contribution is 2.31. The molecule has 0 unspecified atom stereocenters.